The van der Waals surface area contributed by atoms with Crippen LogP contribution in [-0.4, -0.2) is 39.2 Å². The van der Waals surface area contributed by atoms with Crippen molar-refractivity contribution >= 4 is 35.2 Å². The Morgan fingerprint density at radius 2 is 2.04 bits per heavy atom. The summed E-state index contributed by atoms with van der Waals surface area (Å²) in [6.07, 6.45) is 3.25. The molecule has 1 heterocycles. The zero-order chi connectivity index (χ0) is 16.8. The van der Waals surface area contributed by atoms with E-state index in [2.05, 4.69) is 15.3 Å². The normalized spacial score (nSPS) is 11.7. The van der Waals surface area contributed by atoms with Crippen molar-refractivity contribution in [3.8, 4) is 0 Å². The molecule has 0 bridgehead atoms. The fourth-order valence-electron chi connectivity index (χ4n) is 1.89. The van der Waals surface area contributed by atoms with Gasteiger partial charge in [0.05, 0.1) is 11.2 Å². The van der Waals surface area contributed by atoms with Crippen molar-refractivity contribution in [2.75, 3.05) is 6.26 Å². The summed E-state index contributed by atoms with van der Waals surface area (Å²) in [6.45, 7) is 0. The van der Waals surface area contributed by atoms with E-state index in [0.29, 0.717) is 5.16 Å². The van der Waals surface area contributed by atoms with Gasteiger partial charge in [-0.15, -0.1) is 0 Å². The minimum Gasteiger partial charge on any atom is -0.480 e. The third-order valence-electron chi connectivity index (χ3n) is 3.01. The molecule has 0 aliphatic heterocycles. The maximum atomic E-state index is 12.3. The number of carboxylic acid groups (broad SMARTS) is 1. The van der Waals surface area contributed by atoms with Gasteiger partial charge in [0.2, 0.25) is 0 Å². The number of hydrogen-bond acceptors (Lipinski definition) is 5. The predicted molar refractivity (Wildman–Crippen MR) is 87.9 cm³/mol. The molecule has 0 saturated heterocycles. The van der Waals surface area contributed by atoms with Crippen molar-refractivity contribution in [1.82, 2.24) is 15.3 Å². The predicted octanol–water partition coefficient (Wildman–Crippen LogP) is 2.28. The molecule has 6 nitrogen and oxygen atoms in total. The molecule has 1 amide bonds. The van der Waals surface area contributed by atoms with Gasteiger partial charge in [0, 0.05) is 6.42 Å². The Bertz CT molecular complexity index is 712. The number of aromatic nitrogens is 2. The Labute approximate surface area is 142 Å². The van der Waals surface area contributed by atoms with E-state index in [1.807, 2.05) is 18.2 Å². The highest BCUT2D eigenvalue weighted by Gasteiger charge is 2.23. The van der Waals surface area contributed by atoms with Gasteiger partial charge in [-0.1, -0.05) is 53.7 Å². The first kappa shape index (κ1) is 17.2. The molecule has 1 aromatic heterocycles. The number of halogens is 1. The topological polar surface area (TPSA) is 92.2 Å². The van der Waals surface area contributed by atoms with E-state index in [1.54, 1.807) is 18.4 Å². The van der Waals surface area contributed by atoms with Crippen molar-refractivity contribution in [2.24, 2.45) is 0 Å². The number of carbonyl (C=O) groups excluding carboxylic acids is 1. The second-order valence-corrected chi connectivity index (χ2v) is 5.79. The molecule has 0 spiro atoms. The molecule has 2 rings (SSSR count). The lowest BCUT2D eigenvalue weighted by atomic mass is 10.1. The van der Waals surface area contributed by atoms with Crippen LogP contribution < -0.4 is 5.32 Å². The van der Waals surface area contributed by atoms with Crippen LogP contribution in [0.15, 0.2) is 41.7 Å². The third-order valence-corrected chi connectivity index (χ3v) is 3.84. The summed E-state index contributed by atoms with van der Waals surface area (Å²) in [7, 11) is 0. The van der Waals surface area contributed by atoms with E-state index >= 15 is 0 Å². The molecular formula is C15H14ClN3O3S. The lowest BCUT2D eigenvalue weighted by Gasteiger charge is -2.15. The number of aliphatic carboxylic acids is 1. The molecule has 8 heteroatoms. The van der Waals surface area contributed by atoms with E-state index in [4.69, 9.17) is 11.6 Å². The van der Waals surface area contributed by atoms with Gasteiger partial charge < -0.3 is 10.4 Å². The molecule has 0 fully saturated rings. The lowest BCUT2D eigenvalue weighted by molar-refractivity contribution is -0.139. The lowest BCUT2D eigenvalue weighted by Crippen LogP contribution is -2.42. The molecular weight excluding hydrogens is 338 g/mol. The van der Waals surface area contributed by atoms with Crippen molar-refractivity contribution in [3.05, 3.63) is 52.8 Å². The van der Waals surface area contributed by atoms with Crippen LogP contribution in [0.3, 0.4) is 0 Å². The Morgan fingerprint density at radius 1 is 1.35 bits per heavy atom. The van der Waals surface area contributed by atoms with E-state index in [0.717, 1.165) is 5.56 Å². The van der Waals surface area contributed by atoms with Crippen molar-refractivity contribution in [3.63, 3.8) is 0 Å². The largest absolute Gasteiger partial charge is 0.480 e. The molecule has 0 aliphatic carbocycles. The first-order chi connectivity index (χ1) is 11.0. The van der Waals surface area contributed by atoms with Crippen LogP contribution in [0.25, 0.3) is 0 Å². The minimum absolute atomic E-state index is 0.0367. The molecule has 2 N–H and O–H groups in total. The van der Waals surface area contributed by atoms with Gasteiger partial charge in [-0.3, -0.25) is 4.79 Å². The number of nitrogens with one attached hydrogen (secondary N) is 1. The molecule has 23 heavy (non-hydrogen) atoms. The molecule has 0 saturated carbocycles. The number of rotatable bonds is 6. The number of benzene rings is 1. The van der Waals surface area contributed by atoms with E-state index in [9.17, 15) is 14.7 Å². The fourth-order valence-corrected chi connectivity index (χ4v) is 2.40. The Balaban J connectivity index is 2.17. The maximum absolute atomic E-state index is 12.3. The van der Waals surface area contributed by atoms with Crippen molar-refractivity contribution < 1.29 is 14.7 Å². The third kappa shape index (κ3) is 4.67. The number of amides is 1. The van der Waals surface area contributed by atoms with E-state index in [-0.39, 0.29) is 17.1 Å². The molecule has 1 atom stereocenters. The Kier molecular flexibility index (Phi) is 5.95. The second kappa shape index (κ2) is 7.94. The van der Waals surface area contributed by atoms with Crippen LogP contribution in [0.1, 0.15) is 16.1 Å². The number of nitrogens with zero attached hydrogens (tertiary/aromatic N) is 2. The summed E-state index contributed by atoms with van der Waals surface area (Å²) in [5.41, 5.74) is 0.768. The van der Waals surface area contributed by atoms with Gasteiger partial charge in [-0.2, -0.15) is 0 Å². The molecule has 120 valence electrons. The summed E-state index contributed by atoms with van der Waals surface area (Å²) in [5, 5.41) is 12.2. The molecule has 0 aliphatic rings. The van der Waals surface area contributed by atoms with Crippen molar-refractivity contribution in [1.29, 1.82) is 0 Å². The summed E-state index contributed by atoms with van der Waals surface area (Å²) >= 11 is 7.19. The summed E-state index contributed by atoms with van der Waals surface area (Å²) in [5.74, 6) is -1.77. The van der Waals surface area contributed by atoms with Gasteiger partial charge >= 0.3 is 5.97 Å². The number of carboxylic acids is 1. The zero-order valence-electron chi connectivity index (χ0n) is 12.2. The SMILES string of the molecule is CSc1ncc(Cl)c(C(=O)N[C@H](Cc2ccccc2)C(=O)O)n1. The fraction of sp³-hybridized carbons (Fsp3) is 0.200. The quantitative estimate of drug-likeness (QED) is 0.612. The highest BCUT2D eigenvalue weighted by Crippen LogP contribution is 2.16. The van der Waals surface area contributed by atoms with Gasteiger partial charge in [-0.25, -0.2) is 14.8 Å². The standard InChI is InChI=1S/C15H14ClN3O3S/c1-23-15-17-8-10(16)12(19-15)13(20)18-11(14(21)22)7-9-5-3-2-4-6-9/h2-6,8,11H,7H2,1H3,(H,18,20)(H,21,22)/t11-/m1/s1. The molecule has 1 aromatic carbocycles. The van der Waals surface area contributed by atoms with E-state index < -0.39 is 17.9 Å². The smallest absolute Gasteiger partial charge is 0.326 e. The monoisotopic (exact) mass is 351 g/mol. The van der Waals surface area contributed by atoms with Crippen LogP contribution in [0.4, 0.5) is 0 Å². The van der Waals surface area contributed by atoms with Gasteiger partial charge in [0.1, 0.15) is 6.04 Å². The van der Waals surface area contributed by atoms with Crippen LogP contribution in [0.2, 0.25) is 5.02 Å². The van der Waals surface area contributed by atoms with Crippen LogP contribution in [0, 0.1) is 0 Å². The molecule has 0 unspecified atom stereocenters. The van der Waals surface area contributed by atoms with Gasteiger partial charge in [0.25, 0.3) is 5.91 Å². The Hall–Kier alpha value is -2.12. The second-order valence-electron chi connectivity index (χ2n) is 4.61. The highest BCUT2D eigenvalue weighted by molar-refractivity contribution is 7.98. The summed E-state index contributed by atoms with van der Waals surface area (Å²) < 4.78 is 0. The van der Waals surface area contributed by atoms with Crippen LogP contribution >= 0.6 is 23.4 Å². The minimum atomic E-state index is -1.13. The number of carbonyl (C=O) groups is 2. The van der Waals surface area contributed by atoms with Gasteiger partial charge in [0.15, 0.2) is 10.9 Å². The van der Waals surface area contributed by atoms with Crippen LogP contribution in [0.5, 0.6) is 0 Å². The first-order valence-corrected chi connectivity index (χ1v) is 8.25. The maximum Gasteiger partial charge on any atom is 0.326 e. The first-order valence-electron chi connectivity index (χ1n) is 6.65. The highest BCUT2D eigenvalue weighted by atomic mass is 35.5. The zero-order valence-corrected chi connectivity index (χ0v) is 13.8. The number of thioether (sulfide) groups is 1. The van der Waals surface area contributed by atoms with E-state index in [1.165, 1.54) is 18.0 Å². The molecule has 2 aromatic rings. The van der Waals surface area contributed by atoms with Crippen LogP contribution in [-0.2, 0) is 11.2 Å². The average Bonchev–Trinajstić information content (AvgIpc) is 2.55. The van der Waals surface area contributed by atoms with Gasteiger partial charge in [-0.05, 0) is 11.8 Å². The number of hydrogen-bond donors (Lipinski definition) is 2. The average molecular weight is 352 g/mol. The Morgan fingerprint density at radius 3 is 2.65 bits per heavy atom. The summed E-state index contributed by atoms with van der Waals surface area (Å²) in [6, 6.07) is 7.97. The van der Waals surface area contributed by atoms with Crippen molar-refractivity contribution in [2.45, 2.75) is 17.6 Å². The summed E-state index contributed by atoms with van der Waals surface area (Å²) in [4.78, 5) is 31.6. The molecule has 0 radical (unpaired) electrons.